The predicted molar refractivity (Wildman–Crippen MR) is 86.3 cm³/mol. The average Bonchev–Trinajstić information content (AvgIpc) is 2.49. The molecule has 1 unspecified atom stereocenters. The Morgan fingerprint density at radius 1 is 1.48 bits per heavy atom. The van der Waals surface area contributed by atoms with Gasteiger partial charge in [-0.15, -0.1) is 0 Å². The van der Waals surface area contributed by atoms with Crippen molar-refractivity contribution >= 4 is 12.3 Å². The van der Waals surface area contributed by atoms with Gasteiger partial charge < -0.3 is 15.7 Å². The number of carboxylic acids is 1. The number of aliphatic imine (C=N–C) groups is 1. The standard InChI is InChI=1S/C16H29N3O2/c1-13(11-14(16(20)21)7-6-10-17)18-12-19(2)15-8-4-3-5-9-15/h12,14-15H,1,3-11,17H2,2H3,(H,20,21)/b18-12-. The Kier molecular flexibility index (Phi) is 8.05. The van der Waals surface area contributed by atoms with Crippen molar-refractivity contribution in [3.8, 4) is 0 Å². The van der Waals surface area contributed by atoms with E-state index in [2.05, 4.69) is 16.5 Å². The lowest BCUT2D eigenvalue weighted by Crippen LogP contribution is -2.32. The van der Waals surface area contributed by atoms with Gasteiger partial charge in [0.2, 0.25) is 0 Å². The monoisotopic (exact) mass is 295 g/mol. The van der Waals surface area contributed by atoms with E-state index in [0.29, 0.717) is 31.1 Å². The van der Waals surface area contributed by atoms with E-state index in [-0.39, 0.29) is 0 Å². The number of carbonyl (C=O) groups is 1. The van der Waals surface area contributed by atoms with E-state index in [4.69, 9.17) is 5.73 Å². The molecule has 1 fully saturated rings. The molecule has 0 radical (unpaired) electrons. The highest BCUT2D eigenvalue weighted by Gasteiger charge is 2.18. The van der Waals surface area contributed by atoms with E-state index in [1.54, 1.807) is 6.34 Å². The van der Waals surface area contributed by atoms with Gasteiger partial charge >= 0.3 is 5.97 Å². The molecule has 3 N–H and O–H groups in total. The first kappa shape index (κ1) is 17.7. The Bertz CT molecular complexity index is 363. The van der Waals surface area contributed by atoms with Gasteiger partial charge in [0.15, 0.2) is 0 Å². The van der Waals surface area contributed by atoms with E-state index in [0.717, 1.165) is 6.42 Å². The largest absolute Gasteiger partial charge is 0.481 e. The molecule has 0 spiro atoms. The van der Waals surface area contributed by atoms with E-state index in [9.17, 15) is 9.90 Å². The third-order valence-corrected chi connectivity index (χ3v) is 4.16. The Balaban J connectivity index is 2.42. The molecule has 0 amide bonds. The Labute approximate surface area is 127 Å². The molecule has 5 heteroatoms. The van der Waals surface area contributed by atoms with E-state index in [1.165, 1.54) is 32.1 Å². The lowest BCUT2D eigenvalue weighted by Gasteiger charge is -2.29. The molecule has 0 bridgehead atoms. The topological polar surface area (TPSA) is 78.9 Å². The zero-order chi connectivity index (χ0) is 15.7. The molecule has 120 valence electrons. The van der Waals surface area contributed by atoms with Crippen LogP contribution in [0.4, 0.5) is 0 Å². The van der Waals surface area contributed by atoms with Crippen LogP contribution in [0.1, 0.15) is 51.4 Å². The average molecular weight is 295 g/mol. The van der Waals surface area contributed by atoms with E-state index >= 15 is 0 Å². The van der Waals surface area contributed by atoms with Crippen LogP contribution in [0.15, 0.2) is 17.3 Å². The van der Waals surface area contributed by atoms with Crippen LogP contribution < -0.4 is 5.73 Å². The van der Waals surface area contributed by atoms with Gasteiger partial charge in [-0.1, -0.05) is 25.8 Å². The van der Waals surface area contributed by atoms with Crippen molar-refractivity contribution in [2.45, 2.75) is 57.4 Å². The number of allylic oxidation sites excluding steroid dienone is 1. The van der Waals surface area contributed by atoms with Gasteiger partial charge in [0.05, 0.1) is 12.3 Å². The van der Waals surface area contributed by atoms with Crippen molar-refractivity contribution in [1.82, 2.24) is 4.90 Å². The highest BCUT2D eigenvalue weighted by Crippen LogP contribution is 2.21. The molecule has 0 aromatic carbocycles. The summed E-state index contributed by atoms with van der Waals surface area (Å²) in [4.78, 5) is 17.7. The first-order chi connectivity index (χ1) is 10.0. The SMILES string of the molecule is C=C(CC(CCCN)C(=O)O)/N=C\N(C)C1CCCCC1. The molecule has 0 saturated heterocycles. The number of carboxylic acid groups (broad SMARTS) is 1. The first-order valence-corrected chi connectivity index (χ1v) is 7.91. The van der Waals surface area contributed by atoms with Crippen LogP contribution in [0.3, 0.4) is 0 Å². The summed E-state index contributed by atoms with van der Waals surface area (Å²) in [7, 11) is 2.04. The zero-order valence-corrected chi connectivity index (χ0v) is 13.1. The van der Waals surface area contributed by atoms with Crippen LogP contribution in [0.25, 0.3) is 0 Å². The van der Waals surface area contributed by atoms with Crippen LogP contribution in [-0.4, -0.2) is 41.9 Å². The lowest BCUT2D eigenvalue weighted by molar-refractivity contribution is -0.141. The van der Waals surface area contributed by atoms with Crippen LogP contribution >= 0.6 is 0 Å². The minimum atomic E-state index is -0.791. The van der Waals surface area contributed by atoms with Gasteiger partial charge in [-0.05, 0) is 32.2 Å². The molecule has 0 aromatic heterocycles. The molecule has 1 rings (SSSR count). The van der Waals surface area contributed by atoms with Gasteiger partial charge in [0, 0.05) is 25.2 Å². The van der Waals surface area contributed by atoms with Crippen LogP contribution in [0.2, 0.25) is 0 Å². The molecule has 0 heterocycles. The van der Waals surface area contributed by atoms with E-state index in [1.807, 2.05) is 7.05 Å². The molecular weight excluding hydrogens is 266 g/mol. The first-order valence-electron chi connectivity index (χ1n) is 7.91. The number of nitrogens with two attached hydrogens (primary N) is 1. The Morgan fingerprint density at radius 3 is 2.71 bits per heavy atom. The molecule has 5 nitrogen and oxygen atoms in total. The lowest BCUT2D eigenvalue weighted by atomic mass is 9.95. The second kappa shape index (κ2) is 9.55. The minimum Gasteiger partial charge on any atom is -0.481 e. The summed E-state index contributed by atoms with van der Waals surface area (Å²) >= 11 is 0. The van der Waals surface area contributed by atoms with E-state index < -0.39 is 11.9 Å². The molecule has 0 aliphatic heterocycles. The third-order valence-electron chi connectivity index (χ3n) is 4.16. The fourth-order valence-corrected chi connectivity index (χ4v) is 2.77. The van der Waals surface area contributed by atoms with Crippen LogP contribution in [0, 0.1) is 5.92 Å². The molecule has 1 atom stereocenters. The second-order valence-electron chi connectivity index (χ2n) is 5.94. The maximum Gasteiger partial charge on any atom is 0.306 e. The summed E-state index contributed by atoms with van der Waals surface area (Å²) < 4.78 is 0. The number of rotatable bonds is 9. The summed E-state index contributed by atoms with van der Waals surface area (Å²) in [5.41, 5.74) is 6.06. The van der Waals surface area contributed by atoms with Gasteiger partial charge in [0.25, 0.3) is 0 Å². The Hall–Kier alpha value is -1.36. The molecule has 1 aliphatic carbocycles. The van der Waals surface area contributed by atoms with Crippen LogP contribution in [0.5, 0.6) is 0 Å². The molecular formula is C16H29N3O2. The second-order valence-corrected chi connectivity index (χ2v) is 5.94. The maximum absolute atomic E-state index is 11.2. The normalized spacial score (nSPS) is 17.8. The van der Waals surface area contributed by atoms with Crippen molar-refractivity contribution < 1.29 is 9.90 Å². The summed E-state index contributed by atoms with van der Waals surface area (Å²) in [5.74, 6) is -1.22. The quantitative estimate of drug-likeness (QED) is 0.506. The Morgan fingerprint density at radius 2 is 2.14 bits per heavy atom. The fraction of sp³-hybridized carbons (Fsp3) is 0.750. The third kappa shape index (κ3) is 6.76. The van der Waals surface area contributed by atoms with Gasteiger partial charge in [-0.2, -0.15) is 0 Å². The maximum atomic E-state index is 11.2. The number of hydrogen-bond acceptors (Lipinski definition) is 3. The fourth-order valence-electron chi connectivity index (χ4n) is 2.77. The summed E-state index contributed by atoms with van der Waals surface area (Å²) in [6.45, 7) is 4.40. The number of hydrogen-bond donors (Lipinski definition) is 2. The predicted octanol–water partition coefficient (Wildman–Crippen LogP) is 2.62. The van der Waals surface area contributed by atoms with Gasteiger partial charge in [-0.25, -0.2) is 4.99 Å². The van der Waals surface area contributed by atoms with Crippen molar-refractivity contribution in [2.75, 3.05) is 13.6 Å². The molecule has 1 saturated carbocycles. The van der Waals surface area contributed by atoms with Crippen LogP contribution in [-0.2, 0) is 4.79 Å². The summed E-state index contributed by atoms with van der Waals surface area (Å²) in [6.07, 6.45) is 9.81. The highest BCUT2D eigenvalue weighted by molar-refractivity contribution is 5.70. The smallest absolute Gasteiger partial charge is 0.306 e. The number of nitrogens with zero attached hydrogens (tertiary/aromatic N) is 2. The summed E-state index contributed by atoms with van der Waals surface area (Å²) in [5, 5.41) is 9.19. The summed E-state index contributed by atoms with van der Waals surface area (Å²) in [6, 6.07) is 0.558. The van der Waals surface area contributed by atoms with Gasteiger partial charge in [0.1, 0.15) is 0 Å². The van der Waals surface area contributed by atoms with Crippen molar-refractivity contribution in [1.29, 1.82) is 0 Å². The van der Waals surface area contributed by atoms with Crippen molar-refractivity contribution in [3.63, 3.8) is 0 Å². The minimum absolute atomic E-state index is 0.393. The molecule has 0 aromatic rings. The zero-order valence-electron chi connectivity index (χ0n) is 13.1. The number of aliphatic carboxylic acids is 1. The molecule has 1 aliphatic rings. The van der Waals surface area contributed by atoms with Gasteiger partial charge in [-0.3, -0.25) is 4.79 Å². The van der Waals surface area contributed by atoms with Crippen molar-refractivity contribution in [2.24, 2.45) is 16.6 Å². The van der Waals surface area contributed by atoms with Crippen molar-refractivity contribution in [3.05, 3.63) is 12.3 Å². The molecule has 21 heavy (non-hydrogen) atoms. The highest BCUT2D eigenvalue weighted by atomic mass is 16.4.